The van der Waals surface area contributed by atoms with Crippen LogP contribution in [0.4, 0.5) is 4.39 Å². The molecule has 1 saturated heterocycles. The first kappa shape index (κ1) is 16.3. The maximum atomic E-state index is 13.4. The third-order valence-corrected chi connectivity index (χ3v) is 5.09. The Bertz CT molecular complexity index is 939. The molecule has 1 amide bonds. The second-order valence-corrected chi connectivity index (χ2v) is 7.25. The average molecular weight is 402 g/mol. The van der Waals surface area contributed by atoms with Gasteiger partial charge in [-0.1, -0.05) is 28.1 Å². The van der Waals surface area contributed by atoms with Gasteiger partial charge in [-0.15, -0.1) is 0 Å². The molecule has 0 bridgehead atoms. The highest BCUT2D eigenvalue weighted by Gasteiger charge is 2.32. The summed E-state index contributed by atoms with van der Waals surface area (Å²) >= 11 is 3.44. The Labute approximate surface area is 153 Å². The standard InChI is InChI=1S/C19H17BrFN3O/c20-13-4-1-3-12(9-13)10-18(25)24-8-2-5-17(24)19-22-15-7-6-14(21)11-16(15)23-19/h1,3-4,6-7,9,11,17H,2,5,8,10H2,(H,22,23). The Kier molecular flexibility index (Phi) is 4.29. The van der Waals surface area contributed by atoms with Crippen molar-refractivity contribution in [1.29, 1.82) is 0 Å². The number of nitrogens with one attached hydrogen (secondary N) is 1. The van der Waals surface area contributed by atoms with Crippen molar-refractivity contribution in [1.82, 2.24) is 14.9 Å². The van der Waals surface area contributed by atoms with Gasteiger partial charge in [0.05, 0.1) is 23.5 Å². The van der Waals surface area contributed by atoms with Gasteiger partial charge in [-0.05, 0) is 48.7 Å². The van der Waals surface area contributed by atoms with Gasteiger partial charge >= 0.3 is 0 Å². The molecule has 1 fully saturated rings. The number of likely N-dealkylation sites (tertiary alicyclic amines) is 1. The normalized spacial score (nSPS) is 17.4. The van der Waals surface area contributed by atoms with E-state index in [0.29, 0.717) is 11.9 Å². The molecule has 0 spiro atoms. The number of imidazole rings is 1. The number of carbonyl (C=O) groups is 1. The number of H-pyrrole nitrogens is 1. The van der Waals surface area contributed by atoms with Gasteiger partial charge in [0.2, 0.25) is 5.91 Å². The molecule has 25 heavy (non-hydrogen) atoms. The summed E-state index contributed by atoms with van der Waals surface area (Å²) in [6.45, 7) is 0.725. The molecule has 2 heterocycles. The topological polar surface area (TPSA) is 49.0 Å². The molecule has 4 rings (SSSR count). The van der Waals surface area contributed by atoms with Crippen LogP contribution >= 0.6 is 15.9 Å². The number of benzene rings is 2. The highest BCUT2D eigenvalue weighted by atomic mass is 79.9. The fourth-order valence-electron chi connectivity index (χ4n) is 3.43. The van der Waals surface area contributed by atoms with Crippen LogP contribution in [-0.2, 0) is 11.2 Å². The Morgan fingerprint density at radius 3 is 3.04 bits per heavy atom. The zero-order valence-corrected chi connectivity index (χ0v) is 15.1. The van der Waals surface area contributed by atoms with E-state index in [1.807, 2.05) is 29.2 Å². The molecule has 4 nitrogen and oxygen atoms in total. The lowest BCUT2D eigenvalue weighted by atomic mass is 10.1. The Morgan fingerprint density at radius 1 is 1.32 bits per heavy atom. The third kappa shape index (κ3) is 3.31. The van der Waals surface area contributed by atoms with Gasteiger partial charge in [0, 0.05) is 11.0 Å². The van der Waals surface area contributed by atoms with E-state index in [2.05, 4.69) is 25.9 Å². The number of nitrogens with zero attached hydrogens (tertiary/aromatic N) is 2. The molecule has 1 aliphatic rings. The molecule has 3 aromatic rings. The zero-order chi connectivity index (χ0) is 17.4. The molecule has 0 saturated carbocycles. The maximum absolute atomic E-state index is 13.4. The molecule has 1 unspecified atom stereocenters. The summed E-state index contributed by atoms with van der Waals surface area (Å²) in [7, 11) is 0. The van der Waals surface area contributed by atoms with E-state index in [4.69, 9.17) is 0 Å². The van der Waals surface area contributed by atoms with Crippen molar-refractivity contribution >= 4 is 32.9 Å². The molecule has 0 radical (unpaired) electrons. The predicted octanol–water partition coefficient (Wildman–Crippen LogP) is 4.37. The van der Waals surface area contributed by atoms with Crippen molar-refractivity contribution in [3.05, 3.63) is 64.1 Å². The predicted molar refractivity (Wildman–Crippen MR) is 97.6 cm³/mol. The van der Waals surface area contributed by atoms with Crippen molar-refractivity contribution in [2.45, 2.75) is 25.3 Å². The summed E-state index contributed by atoms with van der Waals surface area (Å²) in [5.74, 6) is 0.532. The number of aromatic amines is 1. The molecule has 2 aromatic carbocycles. The van der Waals surface area contributed by atoms with Crippen molar-refractivity contribution in [3.63, 3.8) is 0 Å². The lowest BCUT2D eigenvalue weighted by molar-refractivity contribution is -0.131. The average Bonchev–Trinajstić information content (AvgIpc) is 3.20. The van der Waals surface area contributed by atoms with Crippen LogP contribution < -0.4 is 0 Å². The van der Waals surface area contributed by atoms with Crippen LogP contribution in [0.5, 0.6) is 0 Å². The van der Waals surface area contributed by atoms with Gasteiger partial charge in [-0.3, -0.25) is 4.79 Å². The Hall–Kier alpha value is -2.21. The molecule has 0 aliphatic carbocycles. The number of aromatic nitrogens is 2. The van der Waals surface area contributed by atoms with E-state index >= 15 is 0 Å². The summed E-state index contributed by atoms with van der Waals surface area (Å²) in [5, 5.41) is 0. The number of fused-ring (bicyclic) bond motifs is 1. The van der Waals surface area contributed by atoms with Crippen LogP contribution in [0.25, 0.3) is 11.0 Å². The van der Waals surface area contributed by atoms with Crippen LogP contribution in [0.2, 0.25) is 0 Å². The smallest absolute Gasteiger partial charge is 0.227 e. The van der Waals surface area contributed by atoms with Crippen LogP contribution in [0.3, 0.4) is 0 Å². The van der Waals surface area contributed by atoms with E-state index in [-0.39, 0.29) is 17.8 Å². The van der Waals surface area contributed by atoms with Gasteiger partial charge in [0.15, 0.2) is 0 Å². The minimum atomic E-state index is -0.295. The fourth-order valence-corrected chi connectivity index (χ4v) is 3.88. The first-order valence-corrected chi connectivity index (χ1v) is 9.08. The number of halogens is 2. The van der Waals surface area contributed by atoms with Crippen molar-refractivity contribution < 1.29 is 9.18 Å². The number of hydrogen-bond acceptors (Lipinski definition) is 2. The van der Waals surface area contributed by atoms with E-state index in [1.54, 1.807) is 6.07 Å². The van der Waals surface area contributed by atoms with E-state index in [9.17, 15) is 9.18 Å². The van der Waals surface area contributed by atoms with Crippen molar-refractivity contribution in [2.24, 2.45) is 0 Å². The highest BCUT2D eigenvalue weighted by molar-refractivity contribution is 9.10. The first-order chi connectivity index (χ1) is 12.1. The molecular weight excluding hydrogens is 385 g/mol. The van der Waals surface area contributed by atoms with Crippen LogP contribution in [0, 0.1) is 5.82 Å². The minimum Gasteiger partial charge on any atom is -0.340 e. The molecule has 1 aromatic heterocycles. The van der Waals surface area contributed by atoms with Gasteiger partial charge in [0.1, 0.15) is 11.6 Å². The second-order valence-electron chi connectivity index (χ2n) is 6.34. The van der Waals surface area contributed by atoms with E-state index < -0.39 is 0 Å². The van der Waals surface area contributed by atoms with Gasteiger partial charge < -0.3 is 9.88 Å². The van der Waals surface area contributed by atoms with Crippen LogP contribution in [-0.4, -0.2) is 27.3 Å². The lowest BCUT2D eigenvalue weighted by Crippen LogP contribution is -2.32. The van der Waals surface area contributed by atoms with E-state index in [1.165, 1.54) is 12.1 Å². The quantitative estimate of drug-likeness (QED) is 0.708. The van der Waals surface area contributed by atoms with Gasteiger partial charge in [0.25, 0.3) is 0 Å². The number of carbonyl (C=O) groups excluding carboxylic acids is 1. The van der Waals surface area contributed by atoms with E-state index in [0.717, 1.165) is 40.8 Å². The van der Waals surface area contributed by atoms with Crippen molar-refractivity contribution in [2.75, 3.05) is 6.54 Å². The summed E-state index contributed by atoms with van der Waals surface area (Å²) in [6, 6.07) is 12.2. The Morgan fingerprint density at radius 2 is 2.20 bits per heavy atom. The molecule has 128 valence electrons. The largest absolute Gasteiger partial charge is 0.340 e. The highest BCUT2D eigenvalue weighted by Crippen LogP contribution is 2.32. The second kappa shape index (κ2) is 6.59. The summed E-state index contributed by atoms with van der Waals surface area (Å²) in [5.41, 5.74) is 2.38. The summed E-state index contributed by atoms with van der Waals surface area (Å²) in [6.07, 6.45) is 2.18. The minimum absolute atomic E-state index is 0.0740. The molecule has 1 aliphatic heterocycles. The van der Waals surface area contributed by atoms with Crippen LogP contribution in [0.15, 0.2) is 46.9 Å². The van der Waals surface area contributed by atoms with Gasteiger partial charge in [-0.25, -0.2) is 9.37 Å². The van der Waals surface area contributed by atoms with Crippen LogP contribution in [0.1, 0.15) is 30.3 Å². The maximum Gasteiger partial charge on any atom is 0.227 e. The SMILES string of the molecule is O=C(Cc1cccc(Br)c1)N1CCCC1c1nc2ccc(F)cc2[nH]1. The van der Waals surface area contributed by atoms with Gasteiger partial charge in [-0.2, -0.15) is 0 Å². The molecular formula is C19H17BrFN3O. The van der Waals surface area contributed by atoms with Crippen molar-refractivity contribution in [3.8, 4) is 0 Å². The Balaban J connectivity index is 1.57. The number of hydrogen-bond donors (Lipinski definition) is 1. The number of amides is 1. The summed E-state index contributed by atoms with van der Waals surface area (Å²) < 4.78 is 14.4. The lowest BCUT2D eigenvalue weighted by Gasteiger charge is -2.23. The molecule has 1 N–H and O–H groups in total. The molecule has 6 heteroatoms. The summed E-state index contributed by atoms with van der Waals surface area (Å²) in [4.78, 5) is 22.4. The fraction of sp³-hybridized carbons (Fsp3) is 0.263. The number of rotatable bonds is 3. The molecule has 1 atom stereocenters. The third-order valence-electron chi connectivity index (χ3n) is 4.60. The monoisotopic (exact) mass is 401 g/mol. The first-order valence-electron chi connectivity index (χ1n) is 8.29. The zero-order valence-electron chi connectivity index (χ0n) is 13.5.